The van der Waals surface area contributed by atoms with Crippen LogP contribution in [-0.2, 0) is 4.79 Å². The van der Waals surface area contributed by atoms with Gasteiger partial charge in [0.15, 0.2) is 0 Å². The van der Waals surface area contributed by atoms with E-state index in [9.17, 15) is 9.18 Å². The third kappa shape index (κ3) is 3.10. The standard InChI is InChI=1S/C12H14FN3O/c13-10-5-9(6-15-7-10)1-2-12(17)16-4-3-11(14)8-16/h1-2,5-7,11H,3-4,8,14H2/b2-1+/t11-/m1/s1. The van der Waals surface area contributed by atoms with Crippen molar-refractivity contribution in [1.29, 1.82) is 0 Å². The van der Waals surface area contributed by atoms with E-state index < -0.39 is 5.82 Å². The summed E-state index contributed by atoms with van der Waals surface area (Å²) in [5, 5.41) is 0. The third-order valence-electron chi connectivity index (χ3n) is 2.68. The number of nitrogens with zero attached hydrogens (tertiary/aromatic N) is 2. The molecule has 1 aromatic rings. The van der Waals surface area contributed by atoms with Gasteiger partial charge in [-0.15, -0.1) is 0 Å². The molecule has 2 N–H and O–H groups in total. The lowest BCUT2D eigenvalue weighted by Crippen LogP contribution is -2.30. The Labute approximate surface area is 98.9 Å². The number of nitrogens with two attached hydrogens (primary N) is 1. The molecule has 0 aliphatic carbocycles. The lowest BCUT2D eigenvalue weighted by Gasteiger charge is -2.12. The van der Waals surface area contributed by atoms with Gasteiger partial charge in [0.05, 0.1) is 6.20 Å². The second kappa shape index (κ2) is 5.05. The molecule has 4 nitrogen and oxygen atoms in total. The summed E-state index contributed by atoms with van der Waals surface area (Å²) < 4.78 is 12.8. The van der Waals surface area contributed by atoms with Crippen molar-refractivity contribution < 1.29 is 9.18 Å². The fourth-order valence-electron chi connectivity index (χ4n) is 1.78. The van der Waals surface area contributed by atoms with Crippen LogP contribution in [0.3, 0.4) is 0 Å². The summed E-state index contributed by atoms with van der Waals surface area (Å²) in [5.74, 6) is -0.509. The minimum atomic E-state index is -0.414. The van der Waals surface area contributed by atoms with Crippen molar-refractivity contribution in [1.82, 2.24) is 9.88 Å². The first-order valence-electron chi connectivity index (χ1n) is 5.48. The maximum absolute atomic E-state index is 12.8. The van der Waals surface area contributed by atoms with Crippen molar-refractivity contribution in [3.8, 4) is 0 Å². The lowest BCUT2D eigenvalue weighted by atomic mass is 10.2. The summed E-state index contributed by atoms with van der Waals surface area (Å²) >= 11 is 0. The van der Waals surface area contributed by atoms with Gasteiger partial charge in [0.1, 0.15) is 5.82 Å². The number of carbonyl (C=O) groups is 1. The number of likely N-dealkylation sites (tertiary alicyclic amines) is 1. The molecule has 0 radical (unpaired) electrons. The van der Waals surface area contributed by atoms with E-state index in [1.54, 1.807) is 11.0 Å². The Hall–Kier alpha value is -1.75. The number of pyridine rings is 1. The van der Waals surface area contributed by atoms with Crippen molar-refractivity contribution in [3.05, 3.63) is 35.9 Å². The van der Waals surface area contributed by atoms with E-state index in [1.165, 1.54) is 18.3 Å². The smallest absolute Gasteiger partial charge is 0.246 e. The zero-order valence-electron chi connectivity index (χ0n) is 9.34. The molecule has 1 aromatic heterocycles. The number of rotatable bonds is 2. The molecule has 1 saturated heterocycles. The zero-order chi connectivity index (χ0) is 12.3. The van der Waals surface area contributed by atoms with Crippen molar-refractivity contribution in [3.63, 3.8) is 0 Å². The first-order valence-corrected chi connectivity index (χ1v) is 5.48. The molecule has 0 saturated carbocycles. The van der Waals surface area contributed by atoms with Gasteiger partial charge in [-0.2, -0.15) is 0 Å². The average Bonchev–Trinajstić information content (AvgIpc) is 2.73. The van der Waals surface area contributed by atoms with E-state index in [2.05, 4.69) is 4.98 Å². The van der Waals surface area contributed by atoms with E-state index in [4.69, 9.17) is 5.73 Å². The van der Waals surface area contributed by atoms with Crippen molar-refractivity contribution in [2.45, 2.75) is 12.5 Å². The molecule has 0 unspecified atom stereocenters. The molecule has 1 aliphatic rings. The Morgan fingerprint density at radius 3 is 3.06 bits per heavy atom. The summed E-state index contributed by atoms with van der Waals surface area (Å²) in [4.78, 5) is 17.1. The first kappa shape index (κ1) is 11.7. The molecular weight excluding hydrogens is 221 g/mol. The van der Waals surface area contributed by atoms with E-state index in [1.807, 2.05) is 0 Å². The Bertz CT molecular complexity index is 447. The minimum Gasteiger partial charge on any atom is -0.338 e. The molecule has 1 atom stereocenters. The summed E-state index contributed by atoms with van der Waals surface area (Å²) in [6.07, 6.45) is 6.44. The van der Waals surface area contributed by atoms with Gasteiger partial charge in [-0.25, -0.2) is 4.39 Å². The normalized spacial score (nSPS) is 20.1. The van der Waals surface area contributed by atoms with Crippen LogP contribution >= 0.6 is 0 Å². The Morgan fingerprint density at radius 1 is 1.59 bits per heavy atom. The van der Waals surface area contributed by atoms with E-state index in [0.29, 0.717) is 18.7 Å². The number of aromatic nitrogens is 1. The van der Waals surface area contributed by atoms with Crippen LogP contribution in [0.4, 0.5) is 4.39 Å². The molecule has 2 heterocycles. The maximum Gasteiger partial charge on any atom is 0.246 e. The fraction of sp³-hybridized carbons (Fsp3) is 0.333. The first-order chi connectivity index (χ1) is 8.15. The molecule has 1 amide bonds. The van der Waals surface area contributed by atoms with Gasteiger partial charge in [0, 0.05) is 31.4 Å². The van der Waals surface area contributed by atoms with Gasteiger partial charge >= 0.3 is 0 Å². The molecule has 1 fully saturated rings. The van der Waals surface area contributed by atoms with E-state index in [0.717, 1.165) is 12.6 Å². The second-order valence-electron chi connectivity index (χ2n) is 4.10. The van der Waals surface area contributed by atoms with Crippen LogP contribution in [-0.4, -0.2) is 34.9 Å². The largest absolute Gasteiger partial charge is 0.338 e. The van der Waals surface area contributed by atoms with Crippen LogP contribution in [0.25, 0.3) is 6.08 Å². The van der Waals surface area contributed by atoms with Crippen LogP contribution in [0.15, 0.2) is 24.5 Å². The molecule has 2 rings (SSSR count). The quantitative estimate of drug-likeness (QED) is 0.771. The summed E-state index contributed by atoms with van der Waals surface area (Å²) in [5.41, 5.74) is 6.28. The highest BCUT2D eigenvalue weighted by atomic mass is 19.1. The third-order valence-corrected chi connectivity index (χ3v) is 2.68. The topological polar surface area (TPSA) is 59.2 Å². The highest BCUT2D eigenvalue weighted by Gasteiger charge is 2.21. The Kier molecular flexibility index (Phi) is 3.49. The van der Waals surface area contributed by atoms with Crippen LogP contribution < -0.4 is 5.73 Å². The molecule has 1 aliphatic heterocycles. The minimum absolute atomic E-state index is 0.0724. The highest BCUT2D eigenvalue weighted by molar-refractivity contribution is 5.91. The summed E-state index contributed by atoms with van der Waals surface area (Å²) in [6.45, 7) is 1.27. The highest BCUT2D eigenvalue weighted by Crippen LogP contribution is 2.09. The van der Waals surface area contributed by atoms with E-state index in [-0.39, 0.29) is 11.9 Å². The molecule has 17 heavy (non-hydrogen) atoms. The molecule has 5 heteroatoms. The zero-order valence-corrected chi connectivity index (χ0v) is 9.34. The van der Waals surface area contributed by atoms with Gasteiger partial charge in [0.2, 0.25) is 5.91 Å². The summed E-state index contributed by atoms with van der Waals surface area (Å²) in [7, 11) is 0. The number of hydrogen-bond acceptors (Lipinski definition) is 3. The molecule has 0 spiro atoms. The maximum atomic E-state index is 12.8. The van der Waals surface area contributed by atoms with Crippen LogP contribution in [0.5, 0.6) is 0 Å². The van der Waals surface area contributed by atoms with Crippen molar-refractivity contribution >= 4 is 12.0 Å². The fourth-order valence-corrected chi connectivity index (χ4v) is 1.78. The van der Waals surface area contributed by atoms with Crippen LogP contribution in [0, 0.1) is 5.82 Å². The monoisotopic (exact) mass is 235 g/mol. The molecule has 90 valence electrons. The van der Waals surface area contributed by atoms with E-state index >= 15 is 0 Å². The number of hydrogen-bond donors (Lipinski definition) is 1. The molecule has 0 bridgehead atoms. The van der Waals surface area contributed by atoms with Crippen LogP contribution in [0.1, 0.15) is 12.0 Å². The predicted octanol–water partition coefficient (Wildman–Crippen LogP) is 0.793. The SMILES string of the molecule is N[C@@H]1CCN(C(=O)/C=C/c2cncc(F)c2)C1. The van der Waals surface area contributed by atoms with Crippen molar-refractivity contribution in [2.75, 3.05) is 13.1 Å². The molecule has 0 aromatic carbocycles. The Balaban J connectivity index is 1.98. The van der Waals surface area contributed by atoms with Gasteiger partial charge in [-0.1, -0.05) is 0 Å². The second-order valence-corrected chi connectivity index (χ2v) is 4.10. The van der Waals surface area contributed by atoms with Crippen LogP contribution in [0.2, 0.25) is 0 Å². The van der Waals surface area contributed by atoms with Crippen molar-refractivity contribution in [2.24, 2.45) is 5.73 Å². The van der Waals surface area contributed by atoms with Gasteiger partial charge in [-0.3, -0.25) is 9.78 Å². The Morgan fingerprint density at radius 2 is 2.41 bits per heavy atom. The lowest BCUT2D eigenvalue weighted by molar-refractivity contribution is -0.124. The number of amides is 1. The van der Waals surface area contributed by atoms with Gasteiger partial charge in [-0.05, 0) is 24.1 Å². The van der Waals surface area contributed by atoms with Gasteiger partial charge in [0.25, 0.3) is 0 Å². The average molecular weight is 235 g/mol. The molecular formula is C12H14FN3O. The van der Waals surface area contributed by atoms with Gasteiger partial charge < -0.3 is 10.6 Å². The summed E-state index contributed by atoms with van der Waals surface area (Å²) in [6, 6.07) is 1.40. The number of halogens is 1. The number of carbonyl (C=O) groups excluding carboxylic acids is 1. The predicted molar refractivity (Wildman–Crippen MR) is 62.4 cm³/mol.